The van der Waals surface area contributed by atoms with E-state index in [9.17, 15) is 9.59 Å². The van der Waals surface area contributed by atoms with E-state index in [2.05, 4.69) is 5.32 Å². The lowest BCUT2D eigenvalue weighted by Crippen LogP contribution is -2.30. The number of furan rings is 1. The number of carbonyl (C=O) groups is 2. The zero-order chi connectivity index (χ0) is 14.1. The highest BCUT2D eigenvalue weighted by molar-refractivity contribution is 6.31. The van der Waals surface area contributed by atoms with Gasteiger partial charge in [0.1, 0.15) is 11.5 Å². The fourth-order valence-corrected chi connectivity index (χ4v) is 2.00. The van der Waals surface area contributed by atoms with Crippen LogP contribution in [0.4, 0.5) is 10.5 Å². The number of imide groups is 1. The van der Waals surface area contributed by atoms with E-state index in [0.717, 1.165) is 4.90 Å². The van der Waals surface area contributed by atoms with Crippen molar-refractivity contribution in [3.8, 4) is 0 Å². The van der Waals surface area contributed by atoms with Crippen molar-refractivity contribution in [2.45, 2.75) is 0 Å². The zero-order valence-electron chi connectivity index (χ0n) is 10.2. The van der Waals surface area contributed by atoms with Gasteiger partial charge in [0.25, 0.3) is 5.91 Å². The number of benzene rings is 1. The van der Waals surface area contributed by atoms with Crippen LogP contribution in [0.25, 0.3) is 6.08 Å². The van der Waals surface area contributed by atoms with Crippen LogP contribution in [0.1, 0.15) is 5.76 Å². The van der Waals surface area contributed by atoms with Gasteiger partial charge in [-0.05, 0) is 36.4 Å². The van der Waals surface area contributed by atoms with Crippen molar-refractivity contribution in [1.82, 2.24) is 5.32 Å². The molecule has 6 heteroatoms. The van der Waals surface area contributed by atoms with Gasteiger partial charge in [-0.25, -0.2) is 9.69 Å². The number of nitrogens with zero attached hydrogens (tertiary/aromatic N) is 1. The van der Waals surface area contributed by atoms with Crippen molar-refractivity contribution in [2.24, 2.45) is 0 Å². The molecule has 1 aliphatic heterocycles. The molecule has 3 rings (SSSR count). The molecule has 5 nitrogen and oxygen atoms in total. The Morgan fingerprint density at radius 2 is 1.90 bits per heavy atom. The van der Waals surface area contributed by atoms with Gasteiger partial charge in [0.15, 0.2) is 0 Å². The number of rotatable bonds is 2. The molecule has 100 valence electrons. The van der Waals surface area contributed by atoms with E-state index in [1.165, 1.54) is 12.3 Å². The molecule has 0 spiro atoms. The summed E-state index contributed by atoms with van der Waals surface area (Å²) in [6.45, 7) is 0. The number of amides is 3. The molecule has 0 radical (unpaired) electrons. The molecule has 1 fully saturated rings. The molecule has 1 N–H and O–H groups in total. The van der Waals surface area contributed by atoms with E-state index < -0.39 is 11.9 Å². The van der Waals surface area contributed by atoms with Gasteiger partial charge in [-0.1, -0.05) is 11.6 Å². The Hall–Kier alpha value is -2.53. The van der Waals surface area contributed by atoms with Crippen LogP contribution in [-0.4, -0.2) is 11.9 Å². The number of hydrogen-bond donors (Lipinski definition) is 1. The van der Waals surface area contributed by atoms with Crippen molar-refractivity contribution >= 4 is 35.3 Å². The highest BCUT2D eigenvalue weighted by Gasteiger charge is 2.34. The molecule has 0 saturated carbocycles. The largest absolute Gasteiger partial charge is 0.465 e. The predicted octanol–water partition coefficient (Wildman–Crippen LogP) is 3.03. The SMILES string of the molecule is O=C1N/C(=C\c2ccco2)C(=O)N1c1ccc(Cl)cc1. The molecule has 0 bridgehead atoms. The summed E-state index contributed by atoms with van der Waals surface area (Å²) in [7, 11) is 0. The molecular weight excluding hydrogens is 280 g/mol. The van der Waals surface area contributed by atoms with Crippen LogP contribution in [-0.2, 0) is 4.79 Å². The average Bonchev–Trinajstić information content (AvgIpc) is 3.02. The molecule has 2 aromatic rings. The van der Waals surface area contributed by atoms with E-state index in [-0.39, 0.29) is 5.70 Å². The smallest absolute Gasteiger partial charge is 0.333 e. The number of hydrogen-bond acceptors (Lipinski definition) is 3. The Morgan fingerprint density at radius 3 is 2.55 bits per heavy atom. The summed E-state index contributed by atoms with van der Waals surface area (Å²) in [5.74, 6) is 0.0559. The maximum atomic E-state index is 12.2. The Balaban J connectivity index is 1.93. The standard InChI is InChI=1S/C14H9ClN2O3/c15-9-3-5-10(6-4-9)17-13(18)12(16-14(17)19)8-11-2-1-7-20-11/h1-8H,(H,16,19)/b12-8-. The van der Waals surface area contributed by atoms with Crippen molar-refractivity contribution in [3.63, 3.8) is 0 Å². The normalized spacial score (nSPS) is 16.9. The maximum Gasteiger partial charge on any atom is 0.333 e. The van der Waals surface area contributed by atoms with Crippen LogP contribution in [0.2, 0.25) is 5.02 Å². The quantitative estimate of drug-likeness (QED) is 0.682. The molecule has 0 aliphatic carbocycles. The molecule has 1 saturated heterocycles. The Kier molecular flexibility index (Phi) is 3.04. The summed E-state index contributed by atoms with van der Waals surface area (Å²) in [6, 6.07) is 9.33. The fourth-order valence-electron chi connectivity index (χ4n) is 1.88. The third-order valence-corrected chi connectivity index (χ3v) is 3.04. The van der Waals surface area contributed by atoms with Gasteiger partial charge in [-0.15, -0.1) is 0 Å². The minimum atomic E-state index is -0.505. The third kappa shape index (κ3) is 2.19. The molecule has 1 aromatic heterocycles. The number of urea groups is 1. The lowest BCUT2D eigenvalue weighted by molar-refractivity contribution is -0.113. The third-order valence-electron chi connectivity index (χ3n) is 2.79. The molecule has 0 atom stereocenters. The lowest BCUT2D eigenvalue weighted by Gasteiger charge is -2.11. The minimum Gasteiger partial charge on any atom is -0.465 e. The summed E-state index contributed by atoms with van der Waals surface area (Å²) >= 11 is 5.79. The van der Waals surface area contributed by atoms with Gasteiger partial charge in [-0.2, -0.15) is 0 Å². The minimum absolute atomic E-state index is 0.167. The van der Waals surface area contributed by atoms with Crippen LogP contribution < -0.4 is 10.2 Å². The van der Waals surface area contributed by atoms with Gasteiger partial charge in [-0.3, -0.25) is 4.79 Å². The molecule has 20 heavy (non-hydrogen) atoms. The number of anilines is 1. The van der Waals surface area contributed by atoms with E-state index in [4.69, 9.17) is 16.0 Å². The first kappa shape index (κ1) is 12.5. The van der Waals surface area contributed by atoms with E-state index in [1.54, 1.807) is 36.4 Å². The van der Waals surface area contributed by atoms with Gasteiger partial charge in [0, 0.05) is 11.1 Å². The number of halogens is 1. The lowest BCUT2D eigenvalue weighted by atomic mass is 10.3. The van der Waals surface area contributed by atoms with Crippen molar-refractivity contribution in [2.75, 3.05) is 4.90 Å². The Labute approximate surface area is 119 Å². The molecular formula is C14H9ClN2O3. The van der Waals surface area contributed by atoms with Crippen LogP contribution in [0, 0.1) is 0 Å². The molecule has 1 aliphatic rings. The molecule has 2 heterocycles. The first-order valence-corrected chi connectivity index (χ1v) is 6.19. The first-order chi connectivity index (χ1) is 9.65. The van der Waals surface area contributed by atoms with E-state index >= 15 is 0 Å². The van der Waals surface area contributed by atoms with Crippen molar-refractivity contribution in [1.29, 1.82) is 0 Å². The maximum absolute atomic E-state index is 12.2. The monoisotopic (exact) mass is 288 g/mol. The summed E-state index contributed by atoms with van der Waals surface area (Å²) in [4.78, 5) is 25.2. The zero-order valence-corrected chi connectivity index (χ0v) is 10.9. The highest BCUT2D eigenvalue weighted by atomic mass is 35.5. The van der Waals surface area contributed by atoms with Gasteiger partial charge in [0.05, 0.1) is 12.0 Å². The molecule has 0 unspecified atom stereocenters. The topological polar surface area (TPSA) is 62.6 Å². The van der Waals surface area contributed by atoms with Crippen LogP contribution in [0.15, 0.2) is 52.8 Å². The second-order valence-corrected chi connectivity index (χ2v) is 4.56. The Bertz CT molecular complexity index is 690. The average molecular weight is 289 g/mol. The van der Waals surface area contributed by atoms with Gasteiger partial charge >= 0.3 is 6.03 Å². The van der Waals surface area contributed by atoms with E-state index in [1.807, 2.05) is 0 Å². The van der Waals surface area contributed by atoms with Crippen molar-refractivity contribution < 1.29 is 14.0 Å². The Morgan fingerprint density at radius 1 is 1.15 bits per heavy atom. The summed E-state index contributed by atoms with van der Waals surface area (Å²) in [5.41, 5.74) is 0.625. The predicted molar refractivity (Wildman–Crippen MR) is 74.2 cm³/mol. The second kappa shape index (κ2) is 4.86. The van der Waals surface area contributed by atoms with Crippen molar-refractivity contribution in [3.05, 3.63) is 59.1 Å². The van der Waals surface area contributed by atoms with Crippen LogP contribution in [0.3, 0.4) is 0 Å². The van der Waals surface area contributed by atoms with Gasteiger partial charge in [0.2, 0.25) is 0 Å². The highest BCUT2D eigenvalue weighted by Crippen LogP contribution is 2.23. The number of carbonyl (C=O) groups excluding carboxylic acids is 2. The van der Waals surface area contributed by atoms with E-state index in [0.29, 0.717) is 16.5 Å². The molecule has 3 amide bonds. The summed E-state index contributed by atoms with van der Waals surface area (Å²) < 4.78 is 5.12. The molecule has 1 aromatic carbocycles. The summed E-state index contributed by atoms with van der Waals surface area (Å²) in [5, 5.41) is 3.05. The second-order valence-electron chi connectivity index (χ2n) is 4.12. The fraction of sp³-hybridized carbons (Fsp3) is 0. The van der Waals surface area contributed by atoms with Gasteiger partial charge < -0.3 is 9.73 Å². The summed E-state index contributed by atoms with van der Waals surface area (Å²) in [6.07, 6.45) is 2.97. The van der Waals surface area contributed by atoms with Crippen LogP contribution in [0.5, 0.6) is 0 Å². The van der Waals surface area contributed by atoms with Crippen LogP contribution >= 0.6 is 11.6 Å². The first-order valence-electron chi connectivity index (χ1n) is 5.81. The number of nitrogens with one attached hydrogen (secondary N) is 1.